The summed E-state index contributed by atoms with van der Waals surface area (Å²) in [6.07, 6.45) is 1.77. The molecule has 0 aliphatic carbocycles. The van der Waals surface area contributed by atoms with E-state index in [1.807, 2.05) is 19.1 Å². The lowest BCUT2D eigenvalue weighted by Crippen LogP contribution is -2.46. The molecule has 2 N–H and O–H groups in total. The third kappa shape index (κ3) is 2.73. The second kappa shape index (κ2) is 4.84. The molecule has 0 amide bonds. The molecule has 94 valence electrons. The summed E-state index contributed by atoms with van der Waals surface area (Å²) in [5.41, 5.74) is 1.01. The molecule has 0 spiro atoms. The summed E-state index contributed by atoms with van der Waals surface area (Å²) in [4.78, 5) is 2.10. The summed E-state index contributed by atoms with van der Waals surface area (Å²) < 4.78 is 0. The number of nitrogens with zero attached hydrogens (tertiary/aromatic N) is 1. The quantitative estimate of drug-likeness (QED) is 0.851. The first-order valence-electron chi connectivity index (χ1n) is 5.89. The van der Waals surface area contributed by atoms with Gasteiger partial charge in [0, 0.05) is 29.4 Å². The highest BCUT2D eigenvalue weighted by Gasteiger charge is 2.29. The van der Waals surface area contributed by atoms with Gasteiger partial charge in [-0.25, -0.2) is 0 Å². The van der Waals surface area contributed by atoms with Gasteiger partial charge in [0.25, 0.3) is 0 Å². The number of β-amino-alcohol motifs (C(OH)–C–C–N with tert-alkyl or cyclic N) is 1. The number of benzene rings is 1. The Morgan fingerprint density at radius 2 is 2.24 bits per heavy atom. The van der Waals surface area contributed by atoms with Crippen LogP contribution >= 0.6 is 11.6 Å². The average Bonchev–Trinajstić information content (AvgIpc) is 2.27. The van der Waals surface area contributed by atoms with Gasteiger partial charge in [-0.1, -0.05) is 17.7 Å². The third-order valence-corrected chi connectivity index (χ3v) is 3.62. The van der Waals surface area contributed by atoms with Crippen molar-refractivity contribution in [2.45, 2.75) is 32.0 Å². The van der Waals surface area contributed by atoms with Gasteiger partial charge in [0.15, 0.2) is 0 Å². The van der Waals surface area contributed by atoms with Crippen LogP contribution in [0.25, 0.3) is 0 Å². The van der Waals surface area contributed by atoms with Crippen LogP contribution in [0.5, 0.6) is 0 Å². The molecule has 4 heteroatoms. The molecule has 1 unspecified atom stereocenters. The van der Waals surface area contributed by atoms with Crippen molar-refractivity contribution < 1.29 is 10.2 Å². The Bertz CT molecular complexity index is 406. The number of aliphatic hydroxyl groups excluding tert-OH is 1. The fraction of sp³-hybridized carbons (Fsp3) is 0.538. The number of piperidine rings is 1. The molecule has 1 aliphatic heterocycles. The number of hydrogen-bond donors (Lipinski definition) is 2. The highest BCUT2D eigenvalue weighted by Crippen LogP contribution is 2.31. The zero-order valence-electron chi connectivity index (χ0n) is 9.99. The minimum absolute atomic E-state index is 0.0757. The molecule has 1 aliphatic rings. The first-order valence-corrected chi connectivity index (χ1v) is 6.27. The molecule has 1 fully saturated rings. The minimum Gasteiger partial charge on any atom is -0.392 e. The molecule has 1 aromatic carbocycles. The SMILES string of the molecule is CC1(O)CCCN(c2cccc(Cl)c2CO)C1. The van der Waals surface area contributed by atoms with Crippen LogP contribution in [0, 0.1) is 0 Å². The summed E-state index contributed by atoms with van der Waals surface area (Å²) >= 11 is 6.07. The van der Waals surface area contributed by atoms with Gasteiger partial charge in [-0.05, 0) is 31.9 Å². The second-order valence-electron chi connectivity index (χ2n) is 4.92. The number of aliphatic hydroxyl groups is 2. The minimum atomic E-state index is -0.659. The maximum absolute atomic E-state index is 10.1. The van der Waals surface area contributed by atoms with E-state index in [0.717, 1.165) is 30.6 Å². The van der Waals surface area contributed by atoms with Gasteiger partial charge in [-0.15, -0.1) is 0 Å². The van der Waals surface area contributed by atoms with Crippen LogP contribution < -0.4 is 4.90 Å². The Morgan fingerprint density at radius 3 is 2.88 bits per heavy atom. The molecule has 0 aromatic heterocycles. The molecule has 0 bridgehead atoms. The Balaban J connectivity index is 2.30. The standard InChI is InChI=1S/C13H18ClNO2/c1-13(17)6-3-7-15(9-13)12-5-2-4-11(14)10(12)8-16/h2,4-5,16-17H,3,6-9H2,1H3. The molecule has 2 rings (SSSR count). The number of anilines is 1. The lowest BCUT2D eigenvalue weighted by Gasteiger charge is -2.39. The normalized spacial score (nSPS) is 25.1. The molecule has 1 aromatic rings. The Morgan fingerprint density at radius 1 is 1.47 bits per heavy atom. The number of hydrogen-bond acceptors (Lipinski definition) is 3. The molecule has 1 saturated heterocycles. The summed E-state index contributed by atoms with van der Waals surface area (Å²) in [6, 6.07) is 5.59. The van der Waals surface area contributed by atoms with Crippen molar-refractivity contribution in [1.82, 2.24) is 0 Å². The Labute approximate surface area is 107 Å². The summed E-state index contributed by atoms with van der Waals surface area (Å²) in [5.74, 6) is 0. The number of rotatable bonds is 2. The van der Waals surface area contributed by atoms with E-state index in [9.17, 15) is 10.2 Å². The van der Waals surface area contributed by atoms with Crippen molar-refractivity contribution >= 4 is 17.3 Å². The maximum atomic E-state index is 10.1. The van der Waals surface area contributed by atoms with E-state index in [4.69, 9.17) is 11.6 Å². The monoisotopic (exact) mass is 255 g/mol. The highest BCUT2D eigenvalue weighted by atomic mass is 35.5. The van der Waals surface area contributed by atoms with Gasteiger partial charge in [0.1, 0.15) is 0 Å². The molecule has 0 saturated carbocycles. The van der Waals surface area contributed by atoms with E-state index in [1.54, 1.807) is 6.07 Å². The van der Waals surface area contributed by atoms with Crippen molar-refractivity contribution in [1.29, 1.82) is 0 Å². The lowest BCUT2D eigenvalue weighted by molar-refractivity contribution is 0.0448. The van der Waals surface area contributed by atoms with Gasteiger partial charge in [0.2, 0.25) is 0 Å². The molecule has 17 heavy (non-hydrogen) atoms. The zero-order valence-corrected chi connectivity index (χ0v) is 10.7. The van der Waals surface area contributed by atoms with Gasteiger partial charge in [-0.3, -0.25) is 0 Å². The molecule has 1 atom stereocenters. The molecular weight excluding hydrogens is 238 g/mol. The fourth-order valence-corrected chi connectivity index (χ4v) is 2.66. The average molecular weight is 256 g/mol. The van der Waals surface area contributed by atoms with E-state index >= 15 is 0 Å². The second-order valence-corrected chi connectivity index (χ2v) is 5.32. The van der Waals surface area contributed by atoms with Gasteiger partial charge in [-0.2, -0.15) is 0 Å². The fourth-order valence-electron chi connectivity index (χ4n) is 2.43. The topological polar surface area (TPSA) is 43.7 Å². The lowest BCUT2D eigenvalue weighted by atomic mass is 9.94. The number of halogens is 1. The van der Waals surface area contributed by atoms with Crippen molar-refractivity contribution in [2.75, 3.05) is 18.0 Å². The van der Waals surface area contributed by atoms with Crippen LogP contribution in [-0.2, 0) is 6.61 Å². The largest absolute Gasteiger partial charge is 0.392 e. The van der Waals surface area contributed by atoms with E-state index in [1.165, 1.54) is 0 Å². The van der Waals surface area contributed by atoms with E-state index in [-0.39, 0.29) is 6.61 Å². The summed E-state index contributed by atoms with van der Waals surface area (Å²) in [7, 11) is 0. The summed E-state index contributed by atoms with van der Waals surface area (Å²) in [5, 5.41) is 20.1. The molecular formula is C13H18ClNO2. The Kier molecular flexibility index (Phi) is 3.61. The van der Waals surface area contributed by atoms with Crippen LogP contribution in [0.2, 0.25) is 5.02 Å². The molecule has 3 nitrogen and oxygen atoms in total. The van der Waals surface area contributed by atoms with Crippen LogP contribution in [0.3, 0.4) is 0 Å². The van der Waals surface area contributed by atoms with E-state index in [2.05, 4.69) is 4.90 Å². The predicted octanol–water partition coefficient (Wildman–Crippen LogP) is 2.18. The van der Waals surface area contributed by atoms with E-state index in [0.29, 0.717) is 11.6 Å². The van der Waals surface area contributed by atoms with Crippen LogP contribution in [0.4, 0.5) is 5.69 Å². The third-order valence-electron chi connectivity index (χ3n) is 3.27. The van der Waals surface area contributed by atoms with Crippen molar-refractivity contribution in [3.05, 3.63) is 28.8 Å². The Hall–Kier alpha value is -0.770. The van der Waals surface area contributed by atoms with Gasteiger partial charge < -0.3 is 15.1 Å². The smallest absolute Gasteiger partial charge is 0.0794 e. The molecule has 1 heterocycles. The first-order chi connectivity index (χ1) is 8.03. The van der Waals surface area contributed by atoms with Crippen molar-refractivity contribution in [3.63, 3.8) is 0 Å². The van der Waals surface area contributed by atoms with Crippen molar-refractivity contribution in [2.24, 2.45) is 0 Å². The van der Waals surface area contributed by atoms with Crippen molar-refractivity contribution in [3.8, 4) is 0 Å². The first kappa shape index (κ1) is 12.7. The van der Waals surface area contributed by atoms with Crippen LogP contribution in [-0.4, -0.2) is 28.9 Å². The summed E-state index contributed by atoms with van der Waals surface area (Å²) in [6.45, 7) is 3.25. The van der Waals surface area contributed by atoms with E-state index < -0.39 is 5.60 Å². The van der Waals surface area contributed by atoms with Crippen LogP contribution in [0.15, 0.2) is 18.2 Å². The zero-order chi connectivity index (χ0) is 12.5. The van der Waals surface area contributed by atoms with Gasteiger partial charge in [0.05, 0.1) is 12.2 Å². The van der Waals surface area contributed by atoms with Gasteiger partial charge >= 0.3 is 0 Å². The molecule has 0 radical (unpaired) electrons. The predicted molar refractivity (Wildman–Crippen MR) is 69.4 cm³/mol. The van der Waals surface area contributed by atoms with Crippen LogP contribution in [0.1, 0.15) is 25.3 Å². The highest BCUT2D eigenvalue weighted by molar-refractivity contribution is 6.31. The maximum Gasteiger partial charge on any atom is 0.0794 e.